The van der Waals surface area contributed by atoms with Crippen molar-refractivity contribution in [1.29, 1.82) is 0 Å². The summed E-state index contributed by atoms with van der Waals surface area (Å²) < 4.78 is 16.3. The van der Waals surface area contributed by atoms with Gasteiger partial charge in [-0.1, -0.05) is 19.1 Å². The predicted molar refractivity (Wildman–Crippen MR) is 125 cm³/mol. The summed E-state index contributed by atoms with van der Waals surface area (Å²) in [6.07, 6.45) is 2.11. The van der Waals surface area contributed by atoms with E-state index in [2.05, 4.69) is 6.92 Å². The molecule has 2 aliphatic rings. The third-order valence-corrected chi connectivity index (χ3v) is 6.87. The summed E-state index contributed by atoms with van der Waals surface area (Å²) in [5.74, 6) is 1.49. The Morgan fingerprint density at radius 3 is 2.27 bits per heavy atom. The molecule has 0 radical (unpaired) electrons. The van der Waals surface area contributed by atoms with Crippen LogP contribution in [-0.4, -0.2) is 63.1 Å². The highest BCUT2D eigenvalue weighted by molar-refractivity contribution is 6.02. The number of piperidine rings is 1. The number of fused-ring (bicyclic) bond motifs is 1. The van der Waals surface area contributed by atoms with Gasteiger partial charge in [0.05, 0.1) is 33.3 Å². The lowest BCUT2D eigenvalue weighted by Crippen LogP contribution is -2.49. The largest absolute Gasteiger partial charge is 0.497 e. The van der Waals surface area contributed by atoms with Gasteiger partial charge in [-0.05, 0) is 54.2 Å². The first-order valence-electron chi connectivity index (χ1n) is 11.3. The molecule has 1 fully saturated rings. The smallest absolute Gasteiger partial charge is 0.254 e. The summed E-state index contributed by atoms with van der Waals surface area (Å²) in [6, 6.07) is 10.6. The van der Waals surface area contributed by atoms with Crippen molar-refractivity contribution in [3.05, 3.63) is 53.1 Å². The van der Waals surface area contributed by atoms with Crippen molar-refractivity contribution in [1.82, 2.24) is 9.80 Å². The van der Waals surface area contributed by atoms with Crippen LogP contribution in [0, 0.1) is 5.92 Å². The molecule has 4 rings (SSSR count). The van der Waals surface area contributed by atoms with Gasteiger partial charge in [0.2, 0.25) is 5.91 Å². The molecule has 1 saturated heterocycles. The Kier molecular flexibility index (Phi) is 6.49. The SMILES string of the molecule is COc1ccc([C@@H]2[C@@H](C(=O)N3CCC[C@@H](C)C3)c3cc(OC)c(OC)cc3C(=O)N2C)cc1. The average Bonchev–Trinajstić information content (AvgIpc) is 2.85. The normalized spacial score (nSPS) is 22.6. The molecule has 0 aromatic heterocycles. The van der Waals surface area contributed by atoms with Crippen LogP contribution >= 0.6 is 0 Å². The number of likely N-dealkylation sites (N-methyl/N-ethyl adjacent to an activating group) is 1. The monoisotopic (exact) mass is 452 g/mol. The van der Waals surface area contributed by atoms with Gasteiger partial charge in [0.25, 0.3) is 5.91 Å². The summed E-state index contributed by atoms with van der Waals surface area (Å²) in [5.41, 5.74) is 2.04. The van der Waals surface area contributed by atoms with Crippen LogP contribution < -0.4 is 14.2 Å². The predicted octanol–water partition coefficient (Wildman–Crippen LogP) is 3.88. The Morgan fingerprint density at radius 1 is 1.00 bits per heavy atom. The van der Waals surface area contributed by atoms with Crippen LogP contribution in [0.3, 0.4) is 0 Å². The molecule has 176 valence electrons. The molecule has 2 aliphatic heterocycles. The van der Waals surface area contributed by atoms with Crippen molar-refractivity contribution in [3.8, 4) is 17.2 Å². The summed E-state index contributed by atoms with van der Waals surface area (Å²) in [4.78, 5) is 31.2. The van der Waals surface area contributed by atoms with Crippen molar-refractivity contribution in [3.63, 3.8) is 0 Å². The first-order chi connectivity index (χ1) is 15.9. The number of ether oxygens (including phenoxy) is 3. The summed E-state index contributed by atoms with van der Waals surface area (Å²) >= 11 is 0. The highest BCUT2D eigenvalue weighted by atomic mass is 16.5. The fourth-order valence-electron chi connectivity index (χ4n) is 5.12. The van der Waals surface area contributed by atoms with Crippen molar-refractivity contribution in [2.75, 3.05) is 41.5 Å². The maximum Gasteiger partial charge on any atom is 0.254 e. The van der Waals surface area contributed by atoms with E-state index in [1.54, 1.807) is 45.4 Å². The van der Waals surface area contributed by atoms with Crippen molar-refractivity contribution >= 4 is 11.8 Å². The van der Waals surface area contributed by atoms with Crippen LogP contribution in [0.5, 0.6) is 17.2 Å². The van der Waals surface area contributed by atoms with E-state index in [1.807, 2.05) is 29.2 Å². The molecule has 0 unspecified atom stereocenters. The maximum atomic E-state index is 14.1. The first-order valence-corrected chi connectivity index (χ1v) is 11.3. The number of hydrogen-bond donors (Lipinski definition) is 0. The van der Waals surface area contributed by atoms with Gasteiger partial charge in [-0.25, -0.2) is 0 Å². The van der Waals surface area contributed by atoms with E-state index in [-0.39, 0.29) is 11.8 Å². The quantitative estimate of drug-likeness (QED) is 0.689. The Bertz CT molecular complexity index is 1040. The molecule has 2 heterocycles. The Morgan fingerprint density at radius 2 is 1.67 bits per heavy atom. The van der Waals surface area contributed by atoms with E-state index >= 15 is 0 Å². The second-order valence-electron chi connectivity index (χ2n) is 8.94. The molecule has 0 spiro atoms. The number of likely N-dealkylation sites (tertiary alicyclic amines) is 1. The molecule has 2 aromatic carbocycles. The highest BCUT2D eigenvalue weighted by Gasteiger charge is 2.45. The van der Waals surface area contributed by atoms with Crippen LogP contribution in [0.1, 0.15) is 53.2 Å². The third kappa shape index (κ3) is 4.12. The summed E-state index contributed by atoms with van der Waals surface area (Å²) in [5, 5.41) is 0. The fraction of sp³-hybridized carbons (Fsp3) is 0.462. The average molecular weight is 453 g/mol. The Hall–Kier alpha value is -3.22. The molecule has 2 aromatic rings. The van der Waals surface area contributed by atoms with E-state index in [9.17, 15) is 9.59 Å². The van der Waals surface area contributed by atoms with Crippen LogP contribution in [0.4, 0.5) is 0 Å². The van der Waals surface area contributed by atoms with E-state index < -0.39 is 12.0 Å². The number of nitrogens with zero attached hydrogens (tertiary/aromatic N) is 2. The van der Waals surface area contributed by atoms with Crippen LogP contribution in [0.2, 0.25) is 0 Å². The van der Waals surface area contributed by atoms with Crippen LogP contribution in [-0.2, 0) is 4.79 Å². The number of rotatable bonds is 5. The molecular formula is C26H32N2O5. The van der Waals surface area contributed by atoms with E-state index in [1.165, 1.54) is 0 Å². The molecule has 0 bridgehead atoms. The number of benzene rings is 2. The second kappa shape index (κ2) is 9.33. The maximum absolute atomic E-state index is 14.1. The minimum absolute atomic E-state index is 0.0372. The molecule has 7 nitrogen and oxygen atoms in total. The molecule has 33 heavy (non-hydrogen) atoms. The summed E-state index contributed by atoms with van der Waals surface area (Å²) in [7, 11) is 6.48. The van der Waals surface area contributed by atoms with Gasteiger partial charge in [0.15, 0.2) is 11.5 Å². The zero-order valence-corrected chi connectivity index (χ0v) is 20.0. The minimum Gasteiger partial charge on any atom is -0.497 e. The van der Waals surface area contributed by atoms with Gasteiger partial charge < -0.3 is 24.0 Å². The van der Waals surface area contributed by atoms with Crippen LogP contribution in [0.15, 0.2) is 36.4 Å². The van der Waals surface area contributed by atoms with E-state index in [0.29, 0.717) is 28.5 Å². The molecule has 0 aliphatic carbocycles. The highest BCUT2D eigenvalue weighted by Crippen LogP contribution is 2.46. The van der Waals surface area contributed by atoms with Gasteiger partial charge in [-0.3, -0.25) is 9.59 Å². The molecule has 7 heteroatoms. The molecular weight excluding hydrogens is 420 g/mol. The third-order valence-electron chi connectivity index (χ3n) is 6.87. The van der Waals surface area contributed by atoms with Crippen molar-refractivity contribution < 1.29 is 23.8 Å². The lowest BCUT2D eigenvalue weighted by Gasteiger charge is -2.43. The Balaban J connectivity index is 1.87. The van der Waals surface area contributed by atoms with Gasteiger partial charge in [0, 0.05) is 25.7 Å². The Labute approximate surface area is 195 Å². The van der Waals surface area contributed by atoms with Gasteiger partial charge in [-0.15, -0.1) is 0 Å². The molecule has 0 saturated carbocycles. The van der Waals surface area contributed by atoms with Gasteiger partial charge >= 0.3 is 0 Å². The van der Waals surface area contributed by atoms with E-state index in [0.717, 1.165) is 37.2 Å². The van der Waals surface area contributed by atoms with Gasteiger partial charge in [0.1, 0.15) is 5.75 Å². The van der Waals surface area contributed by atoms with Crippen molar-refractivity contribution in [2.24, 2.45) is 5.92 Å². The zero-order valence-electron chi connectivity index (χ0n) is 20.0. The topological polar surface area (TPSA) is 68.3 Å². The standard InChI is InChI=1S/C26H32N2O5/c1-16-7-6-12-28(15-16)26(30)23-19-13-21(32-4)22(33-5)14-20(19)25(29)27(2)24(23)17-8-10-18(31-3)11-9-17/h8-11,13-14,16,23-24H,6-7,12,15H2,1-5H3/t16-,23+,24-/m1/s1. The number of hydrogen-bond acceptors (Lipinski definition) is 5. The molecule has 2 amide bonds. The number of carbonyl (C=O) groups excluding carboxylic acids is 2. The minimum atomic E-state index is -0.554. The molecule has 3 atom stereocenters. The van der Waals surface area contributed by atoms with Crippen molar-refractivity contribution in [2.45, 2.75) is 31.7 Å². The number of carbonyl (C=O) groups is 2. The molecule has 0 N–H and O–H groups in total. The zero-order chi connectivity index (χ0) is 23.7. The fourth-order valence-corrected chi connectivity index (χ4v) is 5.12. The number of amides is 2. The lowest BCUT2D eigenvalue weighted by atomic mass is 9.78. The summed E-state index contributed by atoms with van der Waals surface area (Å²) in [6.45, 7) is 3.64. The second-order valence-corrected chi connectivity index (χ2v) is 8.94. The van der Waals surface area contributed by atoms with E-state index in [4.69, 9.17) is 14.2 Å². The first kappa shape index (κ1) is 23.0. The lowest BCUT2D eigenvalue weighted by molar-refractivity contribution is -0.136. The van der Waals surface area contributed by atoms with Crippen LogP contribution in [0.25, 0.3) is 0 Å². The van der Waals surface area contributed by atoms with Gasteiger partial charge in [-0.2, -0.15) is 0 Å². The number of methoxy groups -OCH3 is 3.